The minimum absolute atomic E-state index is 0.162. The topological polar surface area (TPSA) is 29.5 Å². The number of rotatable bonds is 4. The molecule has 1 fully saturated rings. The Hall–Kier alpha value is -0.570. The second kappa shape index (κ2) is 6.11. The summed E-state index contributed by atoms with van der Waals surface area (Å²) < 4.78 is 5.33. The van der Waals surface area contributed by atoms with E-state index in [1.807, 2.05) is 18.7 Å². The Morgan fingerprint density at radius 2 is 2.27 bits per heavy atom. The lowest BCUT2D eigenvalue weighted by molar-refractivity contribution is -0.144. The number of ether oxygens (including phenoxy) is 1. The van der Waals surface area contributed by atoms with Crippen LogP contribution >= 0.6 is 0 Å². The third-order valence-corrected chi connectivity index (χ3v) is 3.17. The van der Waals surface area contributed by atoms with E-state index in [1.165, 1.54) is 12.8 Å². The van der Waals surface area contributed by atoms with Crippen LogP contribution in [0.1, 0.15) is 40.0 Å². The van der Waals surface area contributed by atoms with Gasteiger partial charge in [-0.2, -0.15) is 0 Å². The van der Waals surface area contributed by atoms with Crippen LogP contribution in [0.4, 0.5) is 0 Å². The fraction of sp³-hybridized carbons (Fsp3) is 0.917. The molecule has 0 N–H and O–H groups in total. The lowest BCUT2D eigenvalue weighted by Crippen LogP contribution is -2.44. The molecule has 0 aromatic rings. The van der Waals surface area contributed by atoms with E-state index in [1.54, 1.807) is 0 Å². The number of nitrogens with zero attached hydrogens (tertiary/aromatic N) is 1. The quantitative estimate of drug-likeness (QED) is 0.715. The lowest BCUT2D eigenvalue weighted by Gasteiger charge is -2.33. The molecule has 0 aromatic carbocycles. The molecule has 88 valence electrons. The average molecular weight is 213 g/mol. The first kappa shape index (κ1) is 12.5. The Morgan fingerprint density at radius 3 is 2.87 bits per heavy atom. The summed E-state index contributed by atoms with van der Waals surface area (Å²) in [6, 6.07) is 0. The Labute approximate surface area is 92.8 Å². The third-order valence-electron chi connectivity index (χ3n) is 3.17. The van der Waals surface area contributed by atoms with E-state index < -0.39 is 0 Å². The molecule has 1 heterocycles. The van der Waals surface area contributed by atoms with Gasteiger partial charge in [0.2, 0.25) is 0 Å². The largest absolute Gasteiger partial charge is 0.369 e. The first-order valence-corrected chi connectivity index (χ1v) is 6.09. The van der Waals surface area contributed by atoms with Crippen LogP contribution in [0.2, 0.25) is 0 Å². The molecule has 1 rings (SSSR count). The van der Waals surface area contributed by atoms with Gasteiger partial charge < -0.3 is 9.64 Å². The van der Waals surface area contributed by atoms with Gasteiger partial charge >= 0.3 is 0 Å². The highest BCUT2D eigenvalue weighted by Gasteiger charge is 2.25. The molecule has 3 nitrogen and oxygen atoms in total. The second-order valence-electron chi connectivity index (χ2n) is 4.30. The number of piperidine rings is 1. The van der Waals surface area contributed by atoms with Crippen LogP contribution in [-0.2, 0) is 9.53 Å². The van der Waals surface area contributed by atoms with Crippen LogP contribution in [0.5, 0.6) is 0 Å². The minimum Gasteiger partial charge on any atom is -0.369 e. The van der Waals surface area contributed by atoms with Crippen LogP contribution < -0.4 is 0 Å². The van der Waals surface area contributed by atoms with Crippen molar-refractivity contribution in [2.24, 2.45) is 5.92 Å². The highest BCUT2D eigenvalue weighted by atomic mass is 16.5. The number of likely N-dealkylation sites (tertiary alicyclic amines) is 1. The van der Waals surface area contributed by atoms with E-state index in [-0.39, 0.29) is 12.0 Å². The molecule has 2 atom stereocenters. The Bertz CT molecular complexity index is 206. The molecule has 0 unspecified atom stereocenters. The Morgan fingerprint density at radius 1 is 1.53 bits per heavy atom. The van der Waals surface area contributed by atoms with Gasteiger partial charge in [-0.25, -0.2) is 0 Å². The first-order valence-electron chi connectivity index (χ1n) is 6.09. The van der Waals surface area contributed by atoms with Gasteiger partial charge in [-0.05, 0) is 32.6 Å². The molecule has 1 saturated heterocycles. The van der Waals surface area contributed by atoms with Gasteiger partial charge in [-0.3, -0.25) is 4.79 Å². The van der Waals surface area contributed by atoms with Crippen molar-refractivity contribution in [3.63, 3.8) is 0 Å². The zero-order chi connectivity index (χ0) is 11.3. The van der Waals surface area contributed by atoms with Crippen molar-refractivity contribution >= 4 is 5.91 Å². The monoisotopic (exact) mass is 213 g/mol. The van der Waals surface area contributed by atoms with Crippen LogP contribution in [-0.4, -0.2) is 36.6 Å². The van der Waals surface area contributed by atoms with Gasteiger partial charge in [0.1, 0.15) is 6.10 Å². The molecular formula is C12H23NO2. The van der Waals surface area contributed by atoms with Crippen molar-refractivity contribution in [1.82, 2.24) is 4.90 Å². The fourth-order valence-corrected chi connectivity index (χ4v) is 2.18. The first-order chi connectivity index (χ1) is 7.19. The van der Waals surface area contributed by atoms with E-state index in [0.29, 0.717) is 12.5 Å². The van der Waals surface area contributed by atoms with E-state index in [9.17, 15) is 4.79 Å². The summed E-state index contributed by atoms with van der Waals surface area (Å²) in [5.74, 6) is 0.853. The number of amides is 1. The summed E-state index contributed by atoms with van der Waals surface area (Å²) in [6.07, 6.45) is 3.31. The number of carbonyl (C=O) groups excluding carboxylic acids is 1. The Kier molecular flexibility index (Phi) is 5.09. The van der Waals surface area contributed by atoms with Crippen LogP contribution in [0.25, 0.3) is 0 Å². The minimum atomic E-state index is -0.273. The molecule has 0 bridgehead atoms. The van der Waals surface area contributed by atoms with Gasteiger partial charge in [-0.15, -0.1) is 0 Å². The maximum Gasteiger partial charge on any atom is 0.251 e. The van der Waals surface area contributed by atoms with Crippen molar-refractivity contribution in [1.29, 1.82) is 0 Å². The highest BCUT2D eigenvalue weighted by molar-refractivity contribution is 5.80. The molecular weight excluding hydrogens is 190 g/mol. The van der Waals surface area contributed by atoms with Gasteiger partial charge in [0.15, 0.2) is 0 Å². The predicted molar refractivity (Wildman–Crippen MR) is 60.7 cm³/mol. The summed E-state index contributed by atoms with van der Waals surface area (Å²) in [5.41, 5.74) is 0. The SMILES string of the molecule is CCO[C@H](C)C(=O)N1CCC[C@H](CC)C1. The predicted octanol–water partition coefficient (Wildman–Crippen LogP) is 2.06. The van der Waals surface area contributed by atoms with Crippen molar-refractivity contribution in [3.05, 3.63) is 0 Å². The molecule has 3 heteroatoms. The maximum atomic E-state index is 12.0. The highest BCUT2D eigenvalue weighted by Crippen LogP contribution is 2.19. The van der Waals surface area contributed by atoms with Gasteiger partial charge in [0.05, 0.1) is 0 Å². The smallest absolute Gasteiger partial charge is 0.251 e. The van der Waals surface area contributed by atoms with Gasteiger partial charge in [0.25, 0.3) is 5.91 Å². The standard InChI is InChI=1S/C12H23NO2/c1-4-11-7-6-8-13(9-11)12(14)10(3)15-5-2/h10-11H,4-9H2,1-3H3/t10-,11+/m1/s1. The lowest BCUT2D eigenvalue weighted by atomic mass is 9.95. The summed E-state index contributed by atoms with van der Waals surface area (Å²) in [6.45, 7) is 8.41. The second-order valence-corrected chi connectivity index (χ2v) is 4.30. The van der Waals surface area contributed by atoms with E-state index in [0.717, 1.165) is 19.5 Å². The van der Waals surface area contributed by atoms with Crippen LogP contribution in [0.3, 0.4) is 0 Å². The summed E-state index contributed by atoms with van der Waals surface area (Å²) in [7, 11) is 0. The zero-order valence-electron chi connectivity index (χ0n) is 10.2. The van der Waals surface area contributed by atoms with E-state index in [2.05, 4.69) is 6.92 Å². The molecule has 15 heavy (non-hydrogen) atoms. The van der Waals surface area contributed by atoms with Crippen LogP contribution in [0, 0.1) is 5.92 Å². The van der Waals surface area contributed by atoms with Crippen molar-refractivity contribution in [3.8, 4) is 0 Å². The molecule has 1 amide bonds. The summed E-state index contributed by atoms with van der Waals surface area (Å²) in [5, 5.41) is 0. The molecule has 0 saturated carbocycles. The van der Waals surface area contributed by atoms with Gasteiger partial charge in [0, 0.05) is 19.7 Å². The normalized spacial score (nSPS) is 23.9. The molecule has 0 spiro atoms. The van der Waals surface area contributed by atoms with Crippen molar-refractivity contribution in [2.45, 2.75) is 46.1 Å². The van der Waals surface area contributed by atoms with E-state index >= 15 is 0 Å². The Balaban J connectivity index is 2.44. The number of carbonyl (C=O) groups is 1. The molecule has 1 aliphatic heterocycles. The molecule has 0 radical (unpaired) electrons. The summed E-state index contributed by atoms with van der Waals surface area (Å²) >= 11 is 0. The van der Waals surface area contributed by atoms with Gasteiger partial charge in [-0.1, -0.05) is 13.3 Å². The van der Waals surface area contributed by atoms with Crippen molar-refractivity contribution < 1.29 is 9.53 Å². The third kappa shape index (κ3) is 3.49. The van der Waals surface area contributed by atoms with Crippen molar-refractivity contribution in [2.75, 3.05) is 19.7 Å². The van der Waals surface area contributed by atoms with Crippen LogP contribution in [0.15, 0.2) is 0 Å². The van der Waals surface area contributed by atoms with E-state index in [4.69, 9.17) is 4.74 Å². The maximum absolute atomic E-state index is 12.0. The molecule has 1 aliphatic rings. The molecule has 0 aliphatic carbocycles. The number of hydrogen-bond acceptors (Lipinski definition) is 2. The summed E-state index contributed by atoms with van der Waals surface area (Å²) in [4.78, 5) is 13.9. The number of hydrogen-bond donors (Lipinski definition) is 0. The molecule has 0 aromatic heterocycles. The average Bonchev–Trinajstić information content (AvgIpc) is 2.28. The fourth-order valence-electron chi connectivity index (χ4n) is 2.18. The zero-order valence-corrected chi connectivity index (χ0v) is 10.2.